The van der Waals surface area contributed by atoms with Gasteiger partial charge in [-0.3, -0.25) is 0 Å². The van der Waals surface area contributed by atoms with Gasteiger partial charge in [-0.1, -0.05) is 24.3 Å². The molecule has 0 atom stereocenters. The molecule has 0 saturated heterocycles. The van der Waals surface area contributed by atoms with E-state index in [1.165, 1.54) is 12.1 Å². The summed E-state index contributed by atoms with van der Waals surface area (Å²) >= 11 is 0. The maximum Gasteiger partial charge on any atom is 0.393 e. The third kappa shape index (κ3) is 3.79. The zero-order chi connectivity index (χ0) is 10.6. The minimum atomic E-state index is -4.15. The highest BCUT2D eigenvalue weighted by molar-refractivity contribution is 5.23. The molecule has 0 amide bonds. The van der Waals surface area contributed by atoms with Crippen LogP contribution in [0, 0.1) is 0 Å². The summed E-state index contributed by atoms with van der Waals surface area (Å²) < 4.78 is 35.8. The van der Waals surface area contributed by atoms with Crippen LogP contribution in [0.15, 0.2) is 24.3 Å². The van der Waals surface area contributed by atoms with E-state index in [2.05, 4.69) is 0 Å². The van der Waals surface area contributed by atoms with Gasteiger partial charge >= 0.3 is 6.18 Å². The molecule has 1 rings (SSSR count). The molecule has 0 heterocycles. The van der Waals surface area contributed by atoms with Crippen molar-refractivity contribution < 1.29 is 18.3 Å². The lowest BCUT2D eigenvalue weighted by molar-refractivity contribution is -0.127. The van der Waals surface area contributed by atoms with Crippen molar-refractivity contribution in [3.05, 3.63) is 35.4 Å². The molecule has 0 fully saturated rings. The summed E-state index contributed by atoms with van der Waals surface area (Å²) in [6.07, 6.45) is -4.57. The van der Waals surface area contributed by atoms with Crippen molar-refractivity contribution in [3.8, 4) is 0 Å². The Balaban J connectivity index is 2.64. The van der Waals surface area contributed by atoms with Crippen LogP contribution in [0.3, 0.4) is 0 Å². The number of benzene rings is 1. The summed E-state index contributed by atoms with van der Waals surface area (Å²) in [5, 5.41) is 8.60. The van der Waals surface area contributed by atoms with Crippen LogP contribution in [0.2, 0.25) is 0 Å². The number of halogens is 3. The van der Waals surface area contributed by atoms with Gasteiger partial charge in [0.15, 0.2) is 0 Å². The molecule has 78 valence electrons. The van der Waals surface area contributed by atoms with Gasteiger partial charge in [0.1, 0.15) is 0 Å². The molecule has 0 aliphatic heterocycles. The summed E-state index contributed by atoms with van der Waals surface area (Å²) in [7, 11) is 0. The summed E-state index contributed by atoms with van der Waals surface area (Å²) in [5.41, 5.74) is 1.10. The lowest BCUT2D eigenvalue weighted by Crippen LogP contribution is -2.11. The molecule has 1 nitrogen and oxygen atoms in total. The number of alkyl halides is 3. The van der Waals surface area contributed by atoms with Crippen molar-refractivity contribution in [2.45, 2.75) is 19.0 Å². The van der Waals surface area contributed by atoms with Crippen LogP contribution in [-0.2, 0) is 12.8 Å². The van der Waals surface area contributed by atoms with E-state index >= 15 is 0 Å². The fourth-order valence-corrected chi connectivity index (χ4v) is 1.18. The van der Waals surface area contributed by atoms with Crippen molar-refractivity contribution in [3.63, 3.8) is 0 Å². The van der Waals surface area contributed by atoms with Crippen molar-refractivity contribution >= 4 is 0 Å². The van der Waals surface area contributed by atoms with Gasteiger partial charge in [0.25, 0.3) is 0 Å². The summed E-state index contributed by atoms with van der Waals surface area (Å²) in [5.74, 6) is 0. The zero-order valence-electron chi connectivity index (χ0n) is 7.51. The molecule has 4 heteroatoms. The summed E-state index contributed by atoms with van der Waals surface area (Å²) in [6.45, 7) is 0.0125. The van der Waals surface area contributed by atoms with Gasteiger partial charge in [-0.15, -0.1) is 0 Å². The molecule has 1 aromatic rings. The topological polar surface area (TPSA) is 20.2 Å². The number of hydrogen-bond donors (Lipinski definition) is 1. The Morgan fingerprint density at radius 1 is 1.00 bits per heavy atom. The van der Waals surface area contributed by atoms with Crippen LogP contribution in [0.25, 0.3) is 0 Å². The monoisotopic (exact) mass is 204 g/mol. The minimum Gasteiger partial charge on any atom is -0.396 e. The van der Waals surface area contributed by atoms with E-state index in [-0.39, 0.29) is 12.2 Å². The van der Waals surface area contributed by atoms with Crippen molar-refractivity contribution in [1.82, 2.24) is 0 Å². The number of aliphatic hydroxyl groups is 1. The highest BCUT2D eigenvalue weighted by atomic mass is 19.4. The number of rotatable bonds is 3. The number of hydrogen-bond acceptors (Lipinski definition) is 1. The predicted molar refractivity (Wildman–Crippen MR) is 47.0 cm³/mol. The first kappa shape index (κ1) is 11.0. The second kappa shape index (κ2) is 4.46. The molecule has 14 heavy (non-hydrogen) atoms. The smallest absolute Gasteiger partial charge is 0.393 e. The van der Waals surface area contributed by atoms with Crippen LogP contribution in [0.4, 0.5) is 13.2 Å². The van der Waals surface area contributed by atoms with Crippen LogP contribution in [0.5, 0.6) is 0 Å². The molecule has 0 bridgehead atoms. The fourth-order valence-electron chi connectivity index (χ4n) is 1.18. The van der Waals surface area contributed by atoms with Crippen LogP contribution < -0.4 is 0 Å². The Labute approximate surface area is 80.2 Å². The lowest BCUT2D eigenvalue weighted by atomic mass is 10.1. The first-order valence-electron chi connectivity index (χ1n) is 4.27. The van der Waals surface area contributed by atoms with Gasteiger partial charge in [0.2, 0.25) is 0 Å². The van der Waals surface area contributed by atoms with E-state index in [1.54, 1.807) is 12.1 Å². The van der Waals surface area contributed by atoms with Crippen LogP contribution >= 0.6 is 0 Å². The quantitative estimate of drug-likeness (QED) is 0.801. The van der Waals surface area contributed by atoms with Crippen LogP contribution in [0.1, 0.15) is 11.1 Å². The first-order chi connectivity index (χ1) is 6.51. The van der Waals surface area contributed by atoms with E-state index < -0.39 is 12.6 Å². The van der Waals surface area contributed by atoms with Gasteiger partial charge in [0, 0.05) is 6.61 Å². The van der Waals surface area contributed by atoms with E-state index in [0.29, 0.717) is 6.42 Å². The molecule has 0 spiro atoms. The zero-order valence-corrected chi connectivity index (χ0v) is 7.51. The molecule has 0 aliphatic rings. The molecule has 0 saturated carbocycles. The third-order valence-electron chi connectivity index (χ3n) is 1.83. The third-order valence-corrected chi connectivity index (χ3v) is 1.83. The molecule has 0 radical (unpaired) electrons. The Morgan fingerprint density at radius 2 is 1.50 bits per heavy atom. The first-order valence-corrected chi connectivity index (χ1v) is 4.27. The minimum absolute atomic E-state index is 0.0125. The van der Waals surface area contributed by atoms with Crippen molar-refractivity contribution in [2.24, 2.45) is 0 Å². The number of aliphatic hydroxyl groups excluding tert-OH is 1. The SMILES string of the molecule is OCCc1ccc(CC(F)(F)F)cc1. The molecular weight excluding hydrogens is 193 g/mol. The van der Waals surface area contributed by atoms with Gasteiger partial charge in [-0.05, 0) is 17.5 Å². The second-order valence-corrected chi connectivity index (χ2v) is 3.08. The van der Waals surface area contributed by atoms with Gasteiger partial charge in [0.05, 0.1) is 6.42 Å². The summed E-state index contributed by atoms with van der Waals surface area (Å²) in [6, 6.07) is 6.10. The molecule has 1 aromatic carbocycles. The molecule has 0 aromatic heterocycles. The highest BCUT2D eigenvalue weighted by Crippen LogP contribution is 2.21. The van der Waals surface area contributed by atoms with E-state index in [1.807, 2.05) is 0 Å². The summed E-state index contributed by atoms with van der Waals surface area (Å²) in [4.78, 5) is 0. The largest absolute Gasteiger partial charge is 0.396 e. The average molecular weight is 204 g/mol. The lowest BCUT2D eigenvalue weighted by Gasteiger charge is -2.06. The Morgan fingerprint density at radius 3 is 1.93 bits per heavy atom. The second-order valence-electron chi connectivity index (χ2n) is 3.08. The molecular formula is C10H11F3O. The van der Waals surface area contributed by atoms with Crippen molar-refractivity contribution in [2.75, 3.05) is 6.61 Å². The van der Waals surface area contributed by atoms with E-state index in [4.69, 9.17) is 5.11 Å². The average Bonchev–Trinajstić information content (AvgIpc) is 2.06. The Bertz CT molecular complexity index is 276. The maximum absolute atomic E-state index is 11.9. The van der Waals surface area contributed by atoms with Gasteiger partial charge in [-0.25, -0.2) is 0 Å². The molecule has 0 aliphatic carbocycles. The standard InChI is InChI=1S/C10H11F3O/c11-10(12,13)7-9-3-1-8(2-4-9)5-6-14/h1-4,14H,5-7H2. The Kier molecular flexibility index (Phi) is 3.52. The molecule has 0 unspecified atom stereocenters. The van der Waals surface area contributed by atoms with Crippen LogP contribution in [-0.4, -0.2) is 17.9 Å². The Hall–Kier alpha value is -1.03. The van der Waals surface area contributed by atoms with E-state index in [0.717, 1.165) is 5.56 Å². The van der Waals surface area contributed by atoms with Gasteiger partial charge < -0.3 is 5.11 Å². The fraction of sp³-hybridized carbons (Fsp3) is 0.400. The normalized spacial score (nSPS) is 11.7. The highest BCUT2D eigenvalue weighted by Gasteiger charge is 2.27. The predicted octanol–water partition coefficient (Wildman–Crippen LogP) is 2.33. The maximum atomic E-state index is 11.9. The van der Waals surface area contributed by atoms with E-state index in [9.17, 15) is 13.2 Å². The van der Waals surface area contributed by atoms with Crippen molar-refractivity contribution in [1.29, 1.82) is 0 Å². The van der Waals surface area contributed by atoms with Gasteiger partial charge in [-0.2, -0.15) is 13.2 Å². The molecule has 1 N–H and O–H groups in total.